The maximum Gasteiger partial charge on any atom is 0.252 e. The van der Waals surface area contributed by atoms with Gasteiger partial charge in [-0.1, -0.05) is 20.3 Å². The van der Waals surface area contributed by atoms with Gasteiger partial charge in [-0.15, -0.1) is 0 Å². The summed E-state index contributed by atoms with van der Waals surface area (Å²) in [6, 6.07) is 3.52. The van der Waals surface area contributed by atoms with E-state index in [0.717, 1.165) is 12.1 Å². The number of aromatic nitrogens is 1. The third-order valence-electron chi connectivity index (χ3n) is 2.95. The van der Waals surface area contributed by atoms with E-state index in [1.807, 2.05) is 20.8 Å². The minimum atomic E-state index is -0.498. The molecule has 1 amide bonds. The smallest absolute Gasteiger partial charge is 0.252 e. The molecule has 94 valence electrons. The fraction of sp³-hybridized carbons (Fsp3) is 0.538. The Bertz CT molecular complexity index is 362. The molecule has 1 heterocycles. The number of hydrogen-bond acceptors (Lipinski definition) is 3. The second-order valence-corrected chi connectivity index (χ2v) is 4.35. The minimum absolute atomic E-state index is 0.187. The van der Waals surface area contributed by atoms with E-state index >= 15 is 0 Å². The van der Waals surface area contributed by atoms with Crippen LogP contribution >= 0.6 is 0 Å². The summed E-state index contributed by atoms with van der Waals surface area (Å²) in [6.45, 7) is 6.12. The quantitative estimate of drug-likeness (QED) is 0.815. The van der Waals surface area contributed by atoms with Gasteiger partial charge in [0.05, 0.1) is 11.7 Å². The zero-order chi connectivity index (χ0) is 12.8. The molecule has 4 heteroatoms. The van der Waals surface area contributed by atoms with Gasteiger partial charge in [0.2, 0.25) is 0 Å². The zero-order valence-electron chi connectivity index (χ0n) is 10.6. The SMILES string of the molecule is CCC(C)C(O)CNC(=O)c1ccc(C)nc1. The van der Waals surface area contributed by atoms with Gasteiger partial charge in [0.25, 0.3) is 5.91 Å². The van der Waals surface area contributed by atoms with Crippen LogP contribution in [0.3, 0.4) is 0 Å². The summed E-state index contributed by atoms with van der Waals surface area (Å²) in [5.41, 5.74) is 1.40. The first kappa shape index (κ1) is 13.6. The van der Waals surface area contributed by atoms with Crippen molar-refractivity contribution in [2.24, 2.45) is 5.92 Å². The van der Waals surface area contributed by atoms with Crippen molar-refractivity contribution in [3.63, 3.8) is 0 Å². The topological polar surface area (TPSA) is 62.2 Å². The number of pyridine rings is 1. The van der Waals surface area contributed by atoms with Crippen molar-refractivity contribution in [3.8, 4) is 0 Å². The Morgan fingerprint density at radius 1 is 1.53 bits per heavy atom. The molecule has 4 nitrogen and oxygen atoms in total. The number of aliphatic hydroxyl groups is 1. The predicted molar refractivity (Wildman–Crippen MR) is 66.8 cm³/mol. The Morgan fingerprint density at radius 3 is 2.76 bits per heavy atom. The number of aryl methyl sites for hydroxylation is 1. The summed E-state index contributed by atoms with van der Waals surface area (Å²) in [5.74, 6) is -0.00806. The molecule has 0 saturated heterocycles. The third kappa shape index (κ3) is 4.15. The summed E-state index contributed by atoms with van der Waals surface area (Å²) in [6.07, 6.45) is 1.94. The molecule has 0 spiro atoms. The Morgan fingerprint density at radius 2 is 2.24 bits per heavy atom. The van der Waals surface area contributed by atoms with Crippen molar-refractivity contribution in [2.45, 2.75) is 33.3 Å². The van der Waals surface area contributed by atoms with E-state index in [4.69, 9.17) is 0 Å². The van der Waals surface area contributed by atoms with Crippen molar-refractivity contribution in [3.05, 3.63) is 29.6 Å². The molecule has 2 unspecified atom stereocenters. The van der Waals surface area contributed by atoms with Gasteiger partial charge in [-0.2, -0.15) is 0 Å². The lowest BCUT2D eigenvalue weighted by Gasteiger charge is -2.17. The molecule has 0 aliphatic rings. The van der Waals surface area contributed by atoms with Crippen molar-refractivity contribution in [1.82, 2.24) is 10.3 Å². The fourth-order valence-electron chi connectivity index (χ4n) is 1.37. The van der Waals surface area contributed by atoms with Crippen LogP contribution in [0.4, 0.5) is 0 Å². The summed E-state index contributed by atoms with van der Waals surface area (Å²) in [4.78, 5) is 15.8. The zero-order valence-corrected chi connectivity index (χ0v) is 10.6. The first-order chi connectivity index (χ1) is 8.04. The van der Waals surface area contributed by atoms with Crippen LogP contribution in [-0.4, -0.2) is 28.6 Å². The van der Waals surface area contributed by atoms with Crippen LogP contribution < -0.4 is 5.32 Å². The molecule has 1 aromatic heterocycles. The van der Waals surface area contributed by atoms with Gasteiger partial charge in [-0.25, -0.2) is 0 Å². The lowest BCUT2D eigenvalue weighted by atomic mass is 10.0. The molecule has 0 bridgehead atoms. The molecule has 2 atom stereocenters. The van der Waals surface area contributed by atoms with Crippen molar-refractivity contribution in [1.29, 1.82) is 0 Å². The summed E-state index contributed by atoms with van der Waals surface area (Å²) in [7, 11) is 0. The standard InChI is InChI=1S/C13H20N2O2/c1-4-9(2)12(16)8-15-13(17)11-6-5-10(3)14-7-11/h5-7,9,12,16H,4,8H2,1-3H3,(H,15,17). The Kier molecular flexibility index (Phi) is 5.10. The van der Waals surface area contributed by atoms with E-state index in [1.165, 1.54) is 0 Å². The first-order valence-electron chi connectivity index (χ1n) is 5.93. The van der Waals surface area contributed by atoms with E-state index in [1.54, 1.807) is 18.3 Å². The van der Waals surface area contributed by atoms with E-state index in [-0.39, 0.29) is 18.4 Å². The number of nitrogens with one attached hydrogen (secondary N) is 1. The van der Waals surface area contributed by atoms with Crippen molar-refractivity contribution >= 4 is 5.91 Å². The molecule has 17 heavy (non-hydrogen) atoms. The van der Waals surface area contributed by atoms with E-state index in [9.17, 15) is 9.90 Å². The average molecular weight is 236 g/mol. The Labute approximate surface area is 102 Å². The lowest BCUT2D eigenvalue weighted by molar-refractivity contribution is 0.0850. The average Bonchev–Trinajstić information content (AvgIpc) is 2.35. The summed E-state index contributed by atoms with van der Waals surface area (Å²) >= 11 is 0. The highest BCUT2D eigenvalue weighted by atomic mass is 16.3. The maximum absolute atomic E-state index is 11.7. The molecule has 0 aliphatic carbocycles. The van der Waals surface area contributed by atoms with Gasteiger partial charge < -0.3 is 10.4 Å². The highest BCUT2D eigenvalue weighted by molar-refractivity contribution is 5.93. The maximum atomic E-state index is 11.7. The van der Waals surface area contributed by atoms with Gasteiger partial charge in [0, 0.05) is 18.4 Å². The molecule has 0 radical (unpaired) electrons. The number of rotatable bonds is 5. The number of carbonyl (C=O) groups excluding carboxylic acids is 1. The Hall–Kier alpha value is -1.42. The normalized spacial score (nSPS) is 14.1. The second-order valence-electron chi connectivity index (χ2n) is 4.35. The molecular weight excluding hydrogens is 216 g/mol. The van der Waals surface area contributed by atoms with E-state index < -0.39 is 6.10 Å². The van der Waals surface area contributed by atoms with Gasteiger partial charge >= 0.3 is 0 Å². The van der Waals surface area contributed by atoms with Crippen LogP contribution in [0.1, 0.15) is 36.3 Å². The Balaban J connectivity index is 2.47. The fourth-order valence-corrected chi connectivity index (χ4v) is 1.37. The molecular formula is C13H20N2O2. The highest BCUT2D eigenvalue weighted by Crippen LogP contribution is 2.06. The lowest BCUT2D eigenvalue weighted by Crippen LogP contribution is -2.35. The van der Waals surface area contributed by atoms with Crippen LogP contribution in [0.2, 0.25) is 0 Å². The van der Waals surface area contributed by atoms with E-state index in [2.05, 4.69) is 10.3 Å². The monoisotopic (exact) mass is 236 g/mol. The van der Waals surface area contributed by atoms with Crippen molar-refractivity contribution in [2.75, 3.05) is 6.54 Å². The minimum Gasteiger partial charge on any atom is -0.391 e. The first-order valence-corrected chi connectivity index (χ1v) is 5.93. The number of amides is 1. The third-order valence-corrected chi connectivity index (χ3v) is 2.95. The van der Waals surface area contributed by atoms with Gasteiger partial charge in [0.1, 0.15) is 0 Å². The molecule has 1 rings (SSSR count). The summed E-state index contributed by atoms with van der Waals surface area (Å²) in [5, 5.41) is 12.4. The highest BCUT2D eigenvalue weighted by Gasteiger charge is 2.14. The molecule has 0 fully saturated rings. The molecule has 2 N–H and O–H groups in total. The number of nitrogens with zero attached hydrogens (tertiary/aromatic N) is 1. The second kappa shape index (κ2) is 6.35. The van der Waals surface area contributed by atoms with Crippen molar-refractivity contribution < 1.29 is 9.90 Å². The van der Waals surface area contributed by atoms with Gasteiger partial charge in [-0.05, 0) is 25.0 Å². The van der Waals surface area contributed by atoms with Gasteiger partial charge in [0.15, 0.2) is 0 Å². The molecule has 1 aromatic rings. The van der Waals surface area contributed by atoms with Crippen LogP contribution in [-0.2, 0) is 0 Å². The predicted octanol–water partition coefficient (Wildman–Crippen LogP) is 1.53. The number of hydrogen-bond donors (Lipinski definition) is 2. The van der Waals surface area contributed by atoms with Crippen LogP contribution in [0, 0.1) is 12.8 Å². The number of carbonyl (C=O) groups is 1. The molecule has 0 saturated carbocycles. The largest absolute Gasteiger partial charge is 0.391 e. The van der Waals surface area contributed by atoms with Crippen LogP contribution in [0.5, 0.6) is 0 Å². The molecule has 0 aliphatic heterocycles. The van der Waals surface area contributed by atoms with E-state index in [0.29, 0.717) is 5.56 Å². The molecule has 0 aromatic carbocycles. The van der Waals surface area contributed by atoms with Gasteiger partial charge in [-0.3, -0.25) is 9.78 Å². The number of aliphatic hydroxyl groups excluding tert-OH is 1. The summed E-state index contributed by atoms with van der Waals surface area (Å²) < 4.78 is 0. The van der Waals surface area contributed by atoms with Crippen LogP contribution in [0.15, 0.2) is 18.3 Å². The van der Waals surface area contributed by atoms with Crippen LogP contribution in [0.25, 0.3) is 0 Å².